The van der Waals surface area contributed by atoms with E-state index in [0.717, 1.165) is 13.0 Å². The SMILES string of the molecule is CNCC(C)(C)Cc1cccc(C)c1. The molecule has 0 aromatic heterocycles. The zero-order valence-corrected chi connectivity index (χ0v) is 9.72. The van der Waals surface area contributed by atoms with Crippen LogP contribution in [-0.4, -0.2) is 13.6 Å². The average Bonchev–Trinajstić information content (AvgIpc) is 2.02. The van der Waals surface area contributed by atoms with E-state index in [-0.39, 0.29) is 0 Å². The molecule has 14 heavy (non-hydrogen) atoms. The molecule has 0 saturated carbocycles. The molecule has 0 heterocycles. The van der Waals surface area contributed by atoms with E-state index >= 15 is 0 Å². The summed E-state index contributed by atoms with van der Waals surface area (Å²) in [6, 6.07) is 8.77. The van der Waals surface area contributed by atoms with E-state index in [9.17, 15) is 0 Å². The van der Waals surface area contributed by atoms with E-state index < -0.39 is 0 Å². The molecule has 78 valence electrons. The first-order valence-electron chi connectivity index (χ1n) is 5.24. The monoisotopic (exact) mass is 191 g/mol. The van der Waals surface area contributed by atoms with Crippen molar-refractivity contribution in [3.05, 3.63) is 35.4 Å². The minimum atomic E-state index is 0.336. The van der Waals surface area contributed by atoms with Gasteiger partial charge in [0.15, 0.2) is 0 Å². The van der Waals surface area contributed by atoms with Gasteiger partial charge < -0.3 is 5.32 Å². The number of hydrogen-bond donors (Lipinski definition) is 1. The quantitative estimate of drug-likeness (QED) is 0.771. The highest BCUT2D eigenvalue weighted by Gasteiger charge is 2.16. The first kappa shape index (κ1) is 11.3. The van der Waals surface area contributed by atoms with E-state index in [1.165, 1.54) is 11.1 Å². The zero-order chi connectivity index (χ0) is 10.6. The van der Waals surface area contributed by atoms with E-state index in [1.54, 1.807) is 0 Å². The minimum absolute atomic E-state index is 0.336. The van der Waals surface area contributed by atoms with Gasteiger partial charge in [0.25, 0.3) is 0 Å². The second-order valence-electron chi connectivity index (χ2n) is 4.86. The number of benzene rings is 1. The Bertz CT molecular complexity index is 289. The molecule has 0 fully saturated rings. The van der Waals surface area contributed by atoms with Crippen LogP contribution in [0.1, 0.15) is 25.0 Å². The van der Waals surface area contributed by atoms with E-state index in [4.69, 9.17) is 0 Å². The molecular weight excluding hydrogens is 170 g/mol. The summed E-state index contributed by atoms with van der Waals surface area (Å²) in [4.78, 5) is 0. The normalized spacial score (nSPS) is 11.7. The van der Waals surface area contributed by atoms with Gasteiger partial charge in [0.2, 0.25) is 0 Å². The molecule has 0 unspecified atom stereocenters. The van der Waals surface area contributed by atoms with Crippen LogP contribution in [-0.2, 0) is 6.42 Å². The van der Waals surface area contributed by atoms with Crippen molar-refractivity contribution in [2.24, 2.45) is 5.41 Å². The first-order chi connectivity index (χ1) is 6.53. The standard InChI is InChI=1S/C13H21N/c1-11-6-5-7-12(8-11)9-13(2,3)10-14-4/h5-8,14H,9-10H2,1-4H3. The lowest BCUT2D eigenvalue weighted by molar-refractivity contribution is 0.350. The maximum atomic E-state index is 3.24. The molecule has 1 N–H and O–H groups in total. The first-order valence-corrected chi connectivity index (χ1v) is 5.24. The highest BCUT2D eigenvalue weighted by molar-refractivity contribution is 5.23. The Labute approximate surface area is 87.5 Å². The van der Waals surface area contributed by atoms with Crippen LogP contribution in [0.3, 0.4) is 0 Å². The predicted molar refractivity (Wildman–Crippen MR) is 62.6 cm³/mol. The van der Waals surface area contributed by atoms with Crippen molar-refractivity contribution in [2.75, 3.05) is 13.6 Å². The van der Waals surface area contributed by atoms with Crippen molar-refractivity contribution in [3.63, 3.8) is 0 Å². The summed E-state index contributed by atoms with van der Waals surface area (Å²) in [6.07, 6.45) is 1.13. The van der Waals surface area contributed by atoms with Crippen LogP contribution < -0.4 is 5.32 Å². The zero-order valence-electron chi connectivity index (χ0n) is 9.72. The van der Waals surface area contributed by atoms with Crippen molar-refractivity contribution >= 4 is 0 Å². The fraction of sp³-hybridized carbons (Fsp3) is 0.538. The van der Waals surface area contributed by atoms with Crippen molar-refractivity contribution in [3.8, 4) is 0 Å². The fourth-order valence-corrected chi connectivity index (χ4v) is 1.92. The number of nitrogens with one attached hydrogen (secondary N) is 1. The summed E-state index contributed by atoms with van der Waals surface area (Å²) in [7, 11) is 2.01. The van der Waals surface area contributed by atoms with Crippen LogP contribution in [0.4, 0.5) is 0 Å². The summed E-state index contributed by atoms with van der Waals surface area (Å²) in [5.74, 6) is 0. The highest BCUT2D eigenvalue weighted by Crippen LogP contribution is 2.21. The molecule has 1 nitrogen and oxygen atoms in total. The molecule has 0 saturated heterocycles. The molecule has 0 aliphatic rings. The summed E-state index contributed by atoms with van der Waals surface area (Å²) >= 11 is 0. The molecule has 0 spiro atoms. The Hall–Kier alpha value is -0.820. The number of hydrogen-bond acceptors (Lipinski definition) is 1. The highest BCUT2D eigenvalue weighted by atomic mass is 14.8. The Morgan fingerprint density at radius 3 is 2.57 bits per heavy atom. The minimum Gasteiger partial charge on any atom is -0.319 e. The molecule has 0 bridgehead atoms. The Kier molecular flexibility index (Phi) is 3.70. The molecule has 1 rings (SSSR count). The number of aryl methyl sites for hydroxylation is 1. The van der Waals surface area contributed by atoms with E-state index in [1.807, 2.05) is 7.05 Å². The van der Waals surface area contributed by atoms with Gasteiger partial charge in [-0.1, -0.05) is 43.7 Å². The van der Waals surface area contributed by atoms with Gasteiger partial charge in [-0.15, -0.1) is 0 Å². The smallest absolute Gasteiger partial charge is 0.000270 e. The van der Waals surface area contributed by atoms with Gasteiger partial charge in [0.05, 0.1) is 0 Å². The summed E-state index contributed by atoms with van der Waals surface area (Å²) in [5.41, 5.74) is 3.12. The fourth-order valence-electron chi connectivity index (χ4n) is 1.92. The molecule has 1 heteroatoms. The van der Waals surface area contributed by atoms with Gasteiger partial charge in [-0.05, 0) is 31.4 Å². The third-order valence-electron chi connectivity index (χ3n) is 2.42. The Morgan fingerprint density at radius 1 is 1.29 bits per heavy atom. The van der Waals surface area contributed by atoms with Crippen molar-refractivity contribution in [1.82, 2.24) is 5.32 Å². The van der Waals surface area contributed by atoms with Crippen molar-refractivity contribution in [2.45, 2.75) is 27.2 Å². The summed E-state index contributed by atoms with van der Waals surface area (Å²) in [6.45, 7) is 7.80. The van der Waals surface area contributed by atoms with Crippen LogP contribution in [0, 0.1) is 12.3 Å². The topological polar surface area (TPSA) is 12.0 Å². The molecule has 0 amide bonds. The predicted octanol–water partition coefficient (Wildman–Crippen LogP) is 2.78. The van der Waals surface area contributed by atoms with Gasteiger partial charge >= 0.3 is 0 Å². The maximum Gasteiger partial charge on any atom is 0.000270 e. The van der Waals surface area contributed by atoms with Crippen LogP contribution in [0.15, 0.2) is 24.3 Å². The third-order valence-corrected chi connectivity index (χ3v) is 2.42. The largest absolute Gasteiger partial charge is 0.319 e. The van der Waals surface area contributed by atoms with Crippen LogP contribution in [0.2, 0.25) is 0 Å². The molecule has 1 aromatic carbocycles. The van der Waals surface area contributed by atoms with Crippen molar-refractivity contribution in [1.29, 1.82) is 0 Å². The molecule has 0 aliphatic carbocycles. The Balaban J connectivity index is 2.68. The van der Waals surface area contributed by atoms with Gasteiger partial charge in [-0.25, -0.2) is 0 Å². The van der Waals surface area contributed by atoms with Gasteiger partial charge in [0, 0.05) is 6.54 Å². The second-order valence-corrected chi connectivity index (χ2v) is 4.86. The van der Waals surface area contributed by atoms with Gasteiger partial charge in [-0.2, -0.15) is 0 Å². The molecular formula is C13H21N. The summed E-state index contributed by atoms with van der Waals surface area (Å²) in [5, 5.41) is 3.24. The van der Waals surface area contributed by atoms with Gasteiger partial charge in [0.1, 0.15) is 0 Å². The third kappa shape index (κ3) is 3.51. The second kappa shape index (κ2) is 4.61. The van der Waals surface area contributed by atoms with Crippen LogP contribution in [0.5, 0.6) is 0 Å². The number of rotatable bonds is 4. The molecule has 0 aliphatic heterocycles. The van der Waals surface area contributed by atoms with Crippen molar-refractivity contribution < 1.29 is 0 Å². The molecule has 1 aromatic rings. The van der Waals surface area contributed by atoms with E-state index in [0.29, 0.717) is 5.41 Å². The van der Waals surface area contributed by atoms with Gasteiger partial charge in [-0.3, -0.25) is 0 Å². The maximum absolute atomic E-state index is 3.24. The average molecular weight is 191 g/mol. The lowest BCUT2D eigenvalue weighted by Crippen LogP contribution is -2.28. The summed E-state index contributed by atoms with van der Waals surface area (Å²) < 4.78 is 0. The Morgan fingerprint density at radius 2 is 2.00 bits per heavy atom. The molecule has 0 radical (unpaired) electrons. The van der Waals surface area contributed by atoms with Crippen LogP contribution in [0.25, 0.3) is 0 Å². The lowest BCUT2D eigenvalue weighted by Gasteiger charge is -2.24. The lowest BCUT2D eigenvalue weighted by atomic mass is 9.85. The van der Waals surface area contributed by atoms with E-state index in [2.05, 4.69) is 50.4 Å². The van der Waals surface area contributed by atoms with Crippen LogP contribution >= 0.6 is 0 Å². The molecule has 0 atom stereocenters.